The van der Waals surface area contributed by atoms with E-state index in [0.717, 1.165) is 12.1 Å². The normalized spacial score (nSPS) is 11.3. The van der Waals surface area contributed by atoms with Gasteiger partial charge in [-0.1, -0.05) is 12.1 Å². The van der Waals surface area contributed by atoms with Crippen molar-refractivity contribution in [2.75, 3.05) is 26.7 Å². The predicted molar refractivity (Wildman–Crippen MR) is 73.7 cm³/mol. The molecule has 0 saturated carbocycles. The molecule has 0 bridgehead atoms. The number of hydrogen-bond acceptors (Lipinski definition) is 3. The largest absolute Gasteiger partial charge is 0.377 e. The highest BCUT2D eigenvalue weighted by atomic mass is 19.1. The fourth-order valence-corrected chi connectivity index (χ4v) is 1.71. The number of ether oxygens (including phenoxy) is 1. The average molecular weight is 267 g/mol. The molecule has 0 aliphatic rings. The van der Waals surface area contributed by atoms with Crippen molar-refractivity contribution in [1.29, 1.82) is 0 Å². The van der Waals surface area contributed by atoms with Crippen LogP contribution < -0.4 is 0 Å². The van der Waals surface area contributed by atoms with E-state index in [9.17, 15) is 9.18 Å². The Morgan fingerprint density at radius 1 is 1.32 bits per heavy atom. The van der Waals surface area contributed by atoms with Gasteiger partial charge in [-0.2, -0.15) is 0 Å². The maximum absolute atomic E-state index is 12.7. The van der Waals surface area contributed by atoms with Gasteiger partial charge in [-0.25, -0.2) is 4.39 Å². The molecule has 106 valence electrons. The lowest BCUT2D eigenvalue weighted by atomic mass is 10.1. The minimum absolute atomic E-state index is 0.124. The van der Waals surface area contributed by atoms with Crippen LogP contribution in [0.4, 0.5) is 4.39 Å². The SMILES string of the molecule is CC(C)OCCN(C)CC(=O)Cc1ccc(F)cc1. The molecule has 0 aromatic heterocycles. The second-order valence-corrected chi connectivity index (χ2v) is 5.00. The Morgan fingerprint density at radius 2 is 1.95 bits per heavy atom. The molecule has 0 heterocycles. The number of halogens is 1. The van der Waals surface area contributed by atoms with Crippen LogP contribution in [0.15, 0.2) is 24.3 Å². The van der Waals surface area contributed by atoms with Crippen molar-refractivity contribution in [3.63, 3.8) is 0 Å². The topological polar surface area (TPSA) is 29.5 Å². The summed E-state index contributed by atoms with van der Waals surface area (Å²) < 4.78 is 18.2. The number of carbonyl (C=O) groups is 1. The van der Waals surface area contributed by atoms with Gasteiger partial charge >= 0.3 is 0 Å². The van der Waals surface area contributed by atoms with Gasteiger partial charge in [-0.15, -0.1) is 0 Å². The lowest BCUT2D eigenvalue weighted by Gasteiger charge is -2.16. The predicted octanol–water partition coefficient (Wildman–Crippen LogP) is 2.29. The summed E-state index contributed by atoms with van der Waals surface area (Å²) in [7, 11) is 1.90. The minimum atomic E-state index is -0.279. The molecular weight excluding hydrogens is 245 g/mol. The second kappa shape index (κ2) is 8.02. The molecule has 0 saturated heterocycles. The first-order valence-electron chi connectivity index (χ1n) is 6.53. The van der Waals surface area contributed by atoms with E-state index in [1.807, 2.05) is 25.8 Å². The van der Waals surface area contributed by atoms with Crippen molar-refractivity contribution in [2.24, 2.45) is 0 Å². The molecule has 0 aliphatic carbocycles. The highest BCUT2D eigenvalue weighted by molar-refractivity contribution is 5.82. The van der Waals surface area contributed by atoms with Crippen molar-refractivity contribution in [1.82, 2.24) is 4.90 Å². The van der Waals surface area contributed by atoms with Gasteiger partial charge in [0.25, 0.3) is 0 Å². The standard InChI is InChI=1S/C15H22FNO2/c1-12(2)19-9-8-17(3)11-15(18)10-13-4-6-14(16)7-5-13/h4-7,12H,8-11H2,1-3H3. The van der Waals surface area contributed by atoms with Crippen LogP contribution in [0.1, 0.15) is 19.4 Å². The molecular formula is C15H22FNO2. The van der Waals surface area contributed by atoms with Crippen LogP contribution in [0.2, 0.25) is 0 Å². The fraction of sp³-hybridized carbons (Fsp3) is 0.533. The number of Topliss-reactive ketones (excluding diaryl/α,β-unsaturated/α-hetero) is 1. The van der Waals surface area contributed by atoms with Crippen molar-refractivity contribution >= 4 is 5.78 Å². The molecule has 4 heteroatoms. The van der Waals surface area contributed by atoms with E-state index in [1.165, 1.54) is 12.1 Å². The number of rotatable bonds is 8. The van der Waals surface area contributed by atoms with Crippen LogP contribution in [0.25, 0.3) is 0 Å². The van der Waals surface area contributed by atoms with Gasteiger partial charge in [0.1, 0.15) is 5.82 Å². The molecule has 1 aromatic rings. The molecule has 0 spiro atoms. The van der Waals surface area contributed by atoms with Gasteiger partial charge < -0.3 is 4.74 Å². The molecule has 0 amide bonds. The lowest BCUT2D eigenvalue weighted by Crippen LogP contribution is -2.30. The highest BCUT2D eigenvalue weighted by Gasteiger charge is 2.08. The van der Waals surface area contributed by atoms with Crippen molar-refractivity contribution < 1.29 is 13.9 Å². The summed E-state index contributed by atoms with van der Waals surface area (Å²) in [6.45, 7) is 5.71. The average Bonchev–Trinajstić information content (AvgIpc) is 2.31. The minimum Gasteiger partial charge on any atom is -0.377 e. The van der Waals surface area contributed by atoms with Gasteiger partial charge in [-0.3, -0.25) is 9.69 Å². The molecule has 0 fully saturated rings. The van der Waals surface area contributed by atoms with Crippen LogP contribution in [0.5, 0.6) is 0 Å². The van der Waals surface area contributed by atoms with Gasteiger partial charge in [0.15, 0.2) is 5.78 Å². The molecule has 19 heavy (non-hydrogen) atoms. The second-order valence-electron chi connectivity index (χ2n) is 5.00. The quantitative estimate of drug-likeness (QED) is 0.724. The molecule has 0 unspecified atom stereocenters. The highest BCUT2D eigenvalue weighted by Crippen LogP contribution is 2.04. The third kappa shape index (κ3) is 7.03. The van der Waals surface area contributed by atoms with E-state index >= 15 is 0 Å². The number of ketones is 1. The Morgan fingerprint density at radius 3 is 2.53 bits per heavy atom. The Kier molecular flexibility index (Phi) is 6.67. The van der Waals surface area contributed by atoms with E-state index in [2.05, 4.69) is 0 Å². The number of benzene rings is 1. The summed E-state index contributed by atoms with van der Waals surface area (Å²) in [5.41, 5.74) is 0.846. The number of hydrogen-bond donors (Lipinski definition) is 0. The zero-order valence-corrected chi connectivity index (χ0v) is 11.9. The zero-order valence-electron chi connectivity index (χ0n) is 11.9. The van der Waals surface area contributed by atoms with Crippen LogP contribution in [-0.4, -0.2) is 43.5 Å². The maximum Gasteiger partial charge on any atom is 0.151 e. The first-order valence-corrected chi connectivity index (χ1v) is 6.53. The van der Waals surface area contributed by atoms with Crippen molar-refractivity contribution in [3.8, 4) is 0 Å². The van der Waals surface area contributed by atoms with Crippen molar-refractivity contribution in [3.05, 3.63) is 35.6 Å². The van der Waals surface area contributed by atoms with Crippen LogP contribution in [0, 0.1) is 5.82 Å². The van der Waals surface area contributed by atoms with E-state index in [0.29, 0.717) is 19.6 Å². The molecule has 1 aromatic carbocycles. The van der Waals surface area contributed by atoms with E-state index in [1.54, 1.807) is 12.1 Å². The number of likely N-dealkylation sites (N-methyl/N-ethyl adjacent to an activating group) is 1. The van der Waals surface area contributed by atoms with Crippen LogP contribution >= 0.6 is 0 Å². The third-order valence-corrected chi connectivity index (χ3v) is 2.69. The molecule has 0 aliphatic heterocycles. The monoisotopic (exact) mass is 267 g/mol. The Bertz CT molecular complexity index is 390. The fourth-order valence-electron chi connectivity index (χ4n) is 1.71. The van der Waals surface area contributed by atoms with Gasteiger partial charge in [-0.05, 0) is 38.6 Å². The smallest absolute Gasteiger partial charge is 0.151 e. The summed E-state index contributed by atoms with van der Waals surface area (Å²) in [5.74, 6) is -0.155. The van der Waals surface area contributed by atoms with E-state index in [4.69, 9.17) is 4.74 Å². The number of nitrogens with zero attached hydrogens (tertiary/aromatic N) is 1. The molecule has 0 radical (unpaired) electrons. The van der Waals surface area contributed by atoms with E-state index < -0.39 is 0 Å². The summed E-state index contributed by atoms with van der Waals surface area (Å²) in [4.78, 5) is 13.8. The zero-order chi connectivity index (χ0) is 14.3. The van der Waals surface area contributed by atoms with Crippen molar-refractivity contribution in [2.45, 2.75) is 26.4 Å². The Labute approximate surface area is 114 Å². The first-order chi connectivity index (χ1) is 8.97. The lowest BCUT2D eigenvalue weighted by molar-refractivity contribution is -0.119. The Hall–Kier alpha value is -1.26. The maximum atomic E-state index is 12.7. The molecule has 3 nitrogen and oxygen atoms in total. The third-order valence-electron chi connectivity index (χ3n) is 2.69. The summed E-state index contributed by atoms with van der Waals surface area (Å²) in [5, 5.41) is 0. The molecule has 1 rings (SSSR count). The molecule has 0 atom stereocenters. The first kappa shape index (κ1) is 15.8. The number of carbonyl (C=O) groups excluding carboxylic acids is 1. The van der Waals surface area contributed by atoms with E-state index in [-0.39, 0.29) is 17.7 Å². The van der Waals surface area contributed by atoms with Gasteiger partial charge in [0, 0.05) is 13.0 Å². The Balaban J connectivity index is 2.28. The van der Waals surface area contributed by atoms with Crippen LogP contribution in [-0.2, 0) is 16.0 Å². The summed E-state index contributed by atoms with van der Waals surface area (Å²) in [6.07, 6.45) is 0.554. The van der Waals surface area contributed by atoms with Crippen LogP contribution in [0.3, 0.4) is 0 Å². The summed E-state index contributed by atoms with van der Waals surface area (Å²) in [6, 6.07) is 6.05. The summed E-state index contributed by atoms with van der Waals surface area (Å²) >= 11 is 0. The molecule has 0 N–H and O–H groups in total. The van der Waals surface area contributed by atoms with Gasteiger partial charge in [0.05, 0.1) is 19.3 Å². The van der Waals surface area contributed by atoms with Gasteiger partial charge in [0.2, 0.25) is 0 Å².